The van der Waals surface area contributed by atoms with Gasteiger partial charge in [0, 0.05) is 38.5 Å². The third-order valence-electron chi connectivity index (χ3n) is 4.60. The molecule has 1 atom stereocenters. The van der Waals surface area contributed by atoms with E-state index in [4.69, 9.17) is 4.74 Å². The maximum Gasteiger partial charge on any atom is 0.410 e. The SMILES string of the molecule is CC(C)(C)OC(=O)N1CCN(C2=NN=C(C#N)C(c3ccccc3)C2)CC1. The van der Waals surface area contributed by atoms with Crippen molar-refractivity contribution in [3.63, 3.8) is 0 Å². The standard InChI is InChI=1S/C20H25N5O2/c1-20(2,3)27-19(26)25-11-9-24(10-12-25)18-13-16(17(14-21)22-23-18)15-7-5-4-6-8-15/h4-8,16H,9-13H2,1-3H3. The van der Waals surface area contributed by atoms with Crippen molar-refractivity contribution in [3.05, 3.63) is 35.9 Å². The number of nitriles is 1. The number of amidine groups is 1. The highest BCUT2D eigenvalue weighted by molar-refractivity contribution is 6.07. The molecule has 2 aliphatic rings. The highest BCUT2D eigenvalue weighted by atomic mass is 16.6. The largest absolute Gasteiger partial charge is 0.444 e. The van der Waals surface area contributed by atoms with Crippen LogP contribution in [0, 0.1) is 11.3 Å². The van der Waals surface area contributed by atoms with E-state index >= 15 is 0 Å². The zero-order valence-corrected chi connectivity index (χ0v) is 16.1. The Bertz CT molecular complexity index is 781. The Morgan fingerprint density at radius 1 is 1.15 bits per heavy atom. The van der Waals surface area contributed by atoms with Crippen molar-refractivity contribution in [1.29, 1.82) is 5.26 Å². The van der Waals surface area contributed by atoms with Gasteiger partial charge in [-0.25, -0.2) is 4.79 Å². The molecule has 2 heterocycles. The summed E-state index contributed by atoms with van der Waals surface area (Å²) in [7, 11) is 0. The molecule has 1 aromatic rings. The van der Waals surface area contributed by atoms with Gasteiger partial charge in [-0.2, -0.15) is 5.26 Å². The Balaban J connectivity index is 1.65. The third-order valence-corrected chi connectivity index (χ3v) is 4.60. The minimum Gasteiger partial charge on any atom is -0.444 e. The Morgan fingerprint density at radius 2 is 1.81 bits per heavy atom. The predicted molar refractivity (Wildman–Crippen MR) is 104 cm³/mol. The maximum absolute atomic E-state index is 12.2. The van der Waals surface area contributed by atoms with Gasteiger partial charge in [0.25, 0.3) is 0 Å². The lowest BCUT2D eigenvalue weighted by Crippen LogP contribution is -2.52. The quantitative estimate of drug-likeness (QED) is 0.764. The second-order valence-corrected chi connectivity index (χ2v) is 7.74. The minimum absolute atomic E-state index is 0.0763. The summed E-state index contributed by atoms with van der Waals surface area (Å²) in [4.78, 5) is 16.1. The topological polar surface area (TPSA) is 81.3 Å². The van der Waals surface area contributed by atoms with Gasteiger partial charge in [0.2, 0.25) is 0 Å². The zero-order chi connectivity index (χ0) is 19.4. The zero-order valence-electron chi connectivity index (χ0n) is 16.1. The summed E-state index contributed by atoms with van der Waals surface area (Å²) in [6, 6.07) is 12.1. The van der Waals surface area contributed by atoms with Gasteiger partial charge in [-0.15, -0.1) is 10.2 Å². The van der Waals surface area contributed by atoms with Crippen LogP contribution in [0.4, 0.5) is 4.79 Å². The molecular weight excluding hydrogens is 342 g/mol. The first-order chi connectivity index (χ1) is 12.9. The smallest absolute Gasteiger partial charge is 0.410 e. The summed E-state index contributed by atoms with van der Waals surface area (Å²) < 4.78 is 5.44. The van der Waals surface area contributed by atoms with Crippen molar-refractivity contribution in [3.8, 4) is 6.07 Å². The fraction of sp³-hybridized carbons (Fsp3) is 0.500. The van der Waals surface area contributed by atoms with Gasteiger partial charge in [0.05, 0.1) is 0 Å². The molecule has 3 rings (SSSR count). The van der Waals surface area contributed by atoms with Crippen molar-refractivity contribution in [1.82, 2.24) is 9.80 Å². The van der Waals surface area contributed by atoms with Crippen LogP contribution in [0.2, 0.25) is 0 Å². The Hall–Kier alpha value is -2.88. The highest BCUT2D eigenvalue weighted by Crippen LogP contribution is 2.26. The molecule has 0 aromatic heterocycles. The first-order valence-corrected chi connectivity index (χ1v) is 9.20. The van der Waals surface area contributed by atoms with Crippen LogP contribution < -0.4 is 0 Å². The van der Waals surface area contributed by atoms with E-state index in [1.165, 1.54) is 0 Å². The number of rotatable bonds is 1. The summed E-state index contributed by atoms with van der Waals surface area (Å²) in [5, 5.41) is 17.8. The Morgan fingerprint density at radius 3 is 2.41 bits per heavy atom. The van der Waals surface area contributed by atoms with Gasteiger partial charge in [0.15, 0.2) is 0 Å². The first kappa shape index (κ1) is 18.9. The average Bonchev–Trinajstić information content (AvgIpc) is 2.67. The Labute approximate surface area is 159 Å². The summed E-state index contributed by atoms with van der Waals surface area (Å²) >= 11 is 0. The summed E-state index contributed by atoms with van der Waals surface area (Å²) in [5.74, 6) is 0.791. The van der Waals surface area contributed by atoms with Crippen molar-refractivity contribution >= 4 is 17.6 Å². The van der Waals surface area contributed by atoms with Crippen LogP contribution in [0.3, 0.4) is 0 Å². The number of hydrogen-bond acceptors (Lipinski definition) is 6. The van der Waals surface area contributed by atoms with Crippen molar-refractivity contribution < 1.29 is 9.53 Å². The number of nitrogens with zero attached hydrogens (tertiary/aromatic N) is 5. The highest BCUT2D eigenvalue weighted by Gasteiger charge is 2.31. The van der Waals surface area contributed by atoms with Crippen LogP contribution in [-0.4, -0.2) is 59.2 Å². The van der Waals surface area contributed by atoms with Crippen LogP contribution >= 0.6 is 0 Å². The summed E-state index contributed by atoms with van der Waals surface area (Å²) in [6.07, 6.45) is 0.364. The first-order valence-electron chi connectivity index (χ1n) is 9.20. The summed E-state index contributed by atoms with van der Waals surface area (Å²) in [5.41, 5.74) is 1.02. The number of carbonyl (C=O) groups is 1. The second kappa shape index (κ2) is 7.78. The number of piperazine rings is 1. The molecule has 1 fully saturated rings. The molecule has 1 unspecified atom stereocenters. The molecule has 0 aliphatic carbocycles. The number of hydrogen-bond donors (Lipinski definition) is 0. The summed E-state index contributed by atoms with van der Waals surface area (Å²) in [6.45, 7) is 8.12. The molecule has 1 aromatic carbocycles. The molecule has 2 aliphatic heterocycles. The fourth-order valence-corrected chi connectivity index (χ4v) is 3.23. The van der Waals surface area contributed by atoms with Crippen LogP contribution in [0.15, 0.2) is 40.5 Å². The molecule has 27 heavy (non-hydrogen) atoms. The van der Waals surface area contributed by atoms with Crippen LogP contribution in [-0.2, 0) is 4.74 Å². The third kappa shape index (κ3) is 4.64. The molecule has 1 amide bonds. The molecule has 0 saturated carbocycles. The van der Waals surface area contributed by atoms with Crippen molar-refractivity contribution in [2.45, 2.75) is 38.7 Å². The lowest BCUT2D eigenvalue weighted by Gasteiger charge is -2.38. The van der Waals surface area contributed by atoms with Gasteiger partial charge in [-0.05, 0) is 26.3 Å². The lowest BCUT2D eigenvalue weighted by atomic mass is 9.90. The number of carbonyl (C=O) groups excluding carboxylic acids is 1. The van der Waals surface area contributed by atoms with Gasteiger partial charge in [0.1, 0.15) is 23.2 Å². The molecule has 0 N–H and O–H groups in total. The molecule has 0 bridgehead atoms. The molecular formula is C20H25N5O2. The maximum atomic E-state index is 12.2. The van der Waals surface area contributed by atoms with Crippen molar-refractivity contribution in [2.24, 2.45) is 10.2 Å². The van der Waals surface area contributed by atoms with E-state index in [0.29, 0.717) is 38.3 Å². The minimum atomic E-state index is -0.493. The Kier molecular flexibility index (Phi) is 5.45. The molecule has 1 saturated heterocycles. The van der Waals surface area contributed by atoms with Crippen LogP contribution in [0.1, 0.15) is 38.7 Å². The van der Waals surface area contributed by atoms with Gasteiger partial charge in [-0.1, -0.05) is 30.3 Å². The fourth-order valence-electron chi connectivity index (χ4n) is 3.23. The van der Waals surface area contributed by atoms with E-state index < -0.39 is 5.60 Å². The van der Waals surface area contributed by atoms with Crippen LogP contribution in [0.5, 0.6) is 0 Å². The van der Waals surface area contributed by atoms with E-state index in [9.17, 15) is 10.1 Å². The lowest BCUT2D eigenvalue weighted by molar-refractivity contribution is 0.0186. The number of benzene rings is 1. The van der Waals surface area contributed by atoms with Gasteiger partial charge >= 0.3 is 6.09 Å². The molecule has 0 spiro atoms. The molecule has 142 valence electrons. The van der Waals surface area contributed by atoms with Gasteiger partial charge in [-0.3, -0.25) is 0 Å². The monoisotopic (exact) mass is 367 g/mol. The molecule has 7 nitrogen and oxygen atoms in total. The van der Waals surface area contributed by atoms with Crippen molar-refractivity contribution in [2.75, 3.05) is 26.2 Å². The molecule has 7 heteroatoms. The second-order valence-electron chi connectivity index (χ2n) is 7.74. The van der Waals surface area contributed by atoms with E-state index in [0.717, 1.165) is 11.4 Å². The number of amides is 1. The number of ether oxygens (including phenoxy) is 1. The van der Waals surface area contributed by atoms with E-state index in [-0.39, 0.29) is 12.0 Å². The van der Waals surface area contributed by atoms with Gasteiger partial charge < -0.3 is 14.5 Å². The normalized spacial score (nSPS) is 20.4. The van der Waals surface area contributed by atoms with Crippen LogP contribution in [0.25, 0.3) is 0 Å². The van der Waals surface area contributed by atoms with E-state index in [1.54, 1.807) is 4.90 Å². The average molecular weight is 367 g/mol. The van der Waals surface area contributed by atoms with E-state index in [1.807, 2.05) is 51.1 Å². The predicted octanol–water partition coefficient (Wildman–Crippen LogP) is 3.00. The van der Waals surface area contributed by atoms with E-state index in [2.05, 4.69) is 21.2 Å². The molecule has 0 radical (unpaired) electrons.